The number of nitrogens with zero attached hydrogens (tertiary/aromatic N) is 4. The van der Waals surface area contributed by atoms with Crippen molar-refractivity contribution in [2.45, 2.75) is 25.7 Å². The Bertz CT molecular complexity index is 392. The van der Waals surface area contributed by atoms with Crippen LogP contribution in [0.15, 0.2) is 12.3 Å². The average Bonchev–Trinajstić information content (AvgIpc) is 2.82. The summed E-state index contributed by atoms with van der Waals surface area (Å²) < 4.78 is 0. The first kappa shape index (κ1) is 10.8. The lowest BCUT2D eigenvalue weighted by Crippen LogP contribution is -2.36. The number of hydrogen-bond donors (Lipinski definition) is 1. The molecular formula is C11H15N5. The molecule has 0 aromatic carbocycles. The minimum absolute atomic E-state index is 0.166. The Morgan fingerprint density at radius 2 is 2.25 bits per heavy atom. The third kappa shape index (κ3) is 2.47. The third-order valence-electron chi connectivity index (χ3n) is 2.96. The Morgan fingerprint density at radius 3 is 2.94 bits per heavy atom. The van der Waals surface area contributed by atoms with E-state index in [1.165, 1.54) is 25.7 Å². The summed E-state index contributed by atoms with van der Waals surface area (Å²) in [5, 5.41) is 10.3. The Hall–Kier alpha value is -1.67. The highest BCUT2D eigenvalue weighted by atomic mass is 15.4. The molecule has 1 fully saturated rings. The Morgan fingerprint density at radius 1 is 1.50 bits per heavy atom. The van der Waals surface area contributed by atoms with Crippen molar-refractivity contribution in [2.24, 2.45) is 11.8 Å². The summed E-state index contributed by atoms with van der Waals surface area (Å²) in [5.41, 5.74) is 0. The minimum Gasteiger partial charge on any atom is -0.294 e. The molecule has 1 aromatic rings. The molecule has 0 spiro atoms. The fourth-order valence-corrected chi connectivity index (χ4v) is 2.13. The van der Waals surface area contributed by atoms with Crippen molar-refractivity contribution in [3.63, 3.8) is 0 Å². The Labute approximate surface area is 94.9 Å². The first-order chi connectivity index (χ1) is 7.79. The number of rotatable bonds is 3. The molecule has 2 N–H and O–H groups in total. The number of nitrogens with two attached hydrogens (primary N) is 1. The molecule has 1 aliphatic carbocycles. The molecule has 0 saturated heterocycles. The van der Waals surface area contributed by atoms with Gasteiger partial charge in [-0.3, -0.25) is 5.01 Å². The minimum atomic E-state index is 0.166. The van der Waals surface area contributed by atoms with Crippen LogP contribution in [0.4, 0.5) is 5.82 Å². The zero-order chi connectivity index (χ0) is 11.4. The smallest absolute Gasteiger partial charge is 0.234 e. The summed E-state index contributed by atoms with van der Waals surface area (Å²) >= 11 is 0. The van der Waals surface area contributed by atoms with Gasteiger partial charge in [0.05, 0.1) is 0 Å². The summed E-state index contributed by atoms with van der Waals surface area (Å²) in [5.74, 6) is 7.38. The van der Waals surface area contributed by atoms with Gasteiger partial charge in [-0.05, 0) is 18.8 Å². The van der Waals surface area contributed by atoms with Gasteiger partial charge in [0.2, 0.25) is 5.82 Å². The maximum Gasteiger partial charge on any atom is 0.234 e. The molecule has 1 saturated carbocycles. The van der Waals surface area contributed by atoms with Crippen LogP contribution in [-0.2, 0) is 0 Å². The molecule has 0 bridgehead atoms. The van der Waals surface area contributed by atoms with E-state index in [2.05, 4.69) is 9.97 Å². The van der Waals surface area contributed by atoms with Crippen LogP contribution < -0.4 is 10.9 Å². The fraction of sp³-hybridized carbons (Fsp3) is 0.545. The van der Waals surface area contributed by atoms with Gasteiger partial charge in [-0.1, -0.05) is 12.8 Å². The second-order valence-electron chi connectivity index (χ2n) is 4.15. The highest BCUT2D eigenvalue weighted by Crippen LogP contribution is 2.25. The Balaban J connectivity index is 2.02. The largest absolute Gasteiger partial charge is 0.294 e. The van der Waals surface area contributed by atoms with Crippen molar-refractivity contribution in [1.29, 1.82) is 5.26 Å². The predicted molar refractivity (Wildman–Crippen MR) is 60.2 cm³/mol. The van der Waals surface area contributed by atoms with Gasteiger partial charge in [-0.25, -0.2) is 15.8 Å². The summed E-state index contributed by atoms with van der Waals surface area (Å²) in [6.07, 6.45) is 6.64. The summed E-state index contributed by atoms with van der Waals surface area (Å²) in [6.45, 7) is 0.807. The molecule has 0 unspecified atom stereocenters. The van der Waals surface area contributed by atoms with E-state index >= 15 is 0 Å². The normalized spacial score (nSPS) is 16.0. The molecule has 0 aliphatic heterocycles. The van der Waals surface area contributed by atoms with E-state index in [4.69, 9.17) is 11.1 Å². The number of anilines is 1. The summed E-state index contributed by atoms with van der Waals surface area (Å²) in [6, 6.07) is 3.64. The first-order valence-corrected chi connectivity index (χ1v) is 5.55. The van der Waals surface area contributed by atoms with Crippen molar-refractivity contribution in [3.8, 4) is 6.07 Å². The second kappa shape index (κ2) is 4.90. The van der Waals surface area contributed by atoms with Crippen LogP contribution in [0, 0.1) is 17.2 Å². The zero-order valence-corrected chi connectivity index (χ0v) is 9.13. The SMILES string of the molecule is N#Cc1nccc(N(N)CC2CCCC2)n1. The highest BCUT2D eigenvalue weighted by molar-refractivity contribution is 5.36. The van der Waals surface area contributed by atoms with E-state index in [-0.39, 0.29) is 5.82 Å². The maximum absolute atomic E-state index is 8.69. The number of aromatic nitrogens is 2. The molecule has 2 rings (SSSR count). The van der Waals surface area contributed by atoms with E-state index in [0.29, 0.717) is 11.7 Å². The quantitative estimate of drug-likeness (QED) is 0.608. The van der Waals surface area contributed by atoms with Crippen molar-refractivity contribution < 1.29 is 0 Å². The monoisotopic (exact) mass is 217 g/mol. The predicted octanol–water partition coefficient (Wildman–Crippen LogP) is 1.22. The lowest BCUT2D eigenvalue weighted by atomic mass is 10.1. The number of hydrazine groups is 1. The molecule has 0 radical (unpaired) electrons. The molecule has 84 valence electrons. The van der Waals surface area contributed by atoms with Crippen LogP contribution in [0.3, 0.4) is 0 Å². The molecule has 1 aromatic heterocycles. The molecule has 0 amide bonds. The highest BCUT2D eigenvalue weighted by Gasteiger charge is 2.18. The maximum atomic E-state index is 8.69. The summed E-state index contributed by atoms with van der Waals surface area (Å²) in [4.78, 5) is 7.88. The number of hydrogen-bond acceptors (Lipinski definition) is 5. The van der Waals surface area contributed by atoms with E-state index in [1.807, 2.05) is 6.07 Å². The molecule has 0 atom stereocenters. The van der Waals surface area contributed by atoms with Crippen LogP contribution in [-0.4, -0.2) is 16.5 Å². The molecule has 5 nitrogen and oxygen atoms in total. The molecule has 1 heterocycles. The van der Waals surface area contributed by atoms with E-state index in [1.54, 1.807) is 17.3 Å². The van der Waals surface area contributed by atoms with Crippen LogP contribution in [0.25, 0.3) is 0 Å². The Kier molecular flexibility index (Phi) is 3.32. The standard InChI is InChI=1S/C11H15N5/c12-7-10-14-6-5-11(15-10)16(13)8-9-3-1-2-4-9/h5-6,9H,1-4,8,13H2. The fourth-order valence-electron chi connectivity index (χ4n) is 2.13. The molecule has 1 aliphatic rings. The van der Waals surface area contributed by atoms with Crippen LogP contribution in [0.2, 0.25) is 0 Å². The van der Waals surface area contributed by atoms with Gasteiger partial charge in [-0.15, -0.1) is 0 Å². The lowest BCUT2D eigenvalue weighted by molar-refractivity contribution is 0.533. The number of nitriles is 1. The van der Waals surface area contributed by atoms with Gasteiger partial charge in [-0.2, -0.15) is 5.26 Å². The van der Waals surface area contributed by atoms with Gasteiger partial charge in [0.1, 0.15) is 11.9 Å². The van der Waals surface area contributed by atoms with E-state index in [0.717, 1.165) is 6.54 Å². The lowest BCUT2D eigenvalue weighted by Gasteiger charge is -2.20. The molecular weight excluding hydrogens is 202 g/mol. The van der Waals surface area contributed by atoms with E-state index in [9.17, 15) is 0 Å². The second-order valence-corrected chi connectivity index (χ2v) is 4.15. The van der Waals surface area contributed by atoms with Crippen molar-refractivity contribution in [1.82, 2.24) is 9.97 Å². The van der Waals surface area contributed by atoms with E-state index < -0.39 is 0 Å². The van der Waals surface area contributed by atoms with Gasteiger partial charge >= 0.3 is 0 Å². The van der Waals surface area contributed by atoms with Crippen molar-refractivity contribution in [2.75, 3.05) is 11.6 Å². The van der Waals surface area contributed by atoms with Crippen molar-refractivity contribution in [3.05, 3.63) is 18.1 Å². The summed E-state index contributed by atoms with van der Waals surface area (Å²) in [7, 11) is 0. The van der Waals surface area contributed by atoms with Crippen LogP contribution >= 0.6 is 0 Å². The van der Waals surface area contributed by atoms with Gasteiger partial charge in [0.25, 0.3) is 0 Å². The van der Waals surface area contributed by atoms with Crippen LogP contribution in [0.5, 0.6) is 0 Å². The topological polar surface area (TPSA) is 78.8 Å². The van der Waals surface area contributed by atoms with Crippen LogP contribution in [0.1, 0.15) is 31.5 Å². The van der Waals surface area contributed by atoms with Gasteiger partial charge in [0.15, 0.2) is 0 Å². The zero-order valence-electron chi connectivity index (χ0n) is 9.13. The molecule has 5 heteroatoms. The first-order valence-electron chi connectivity index (χ1n) is 5.55. The molecule has 16 heavy (non-hydrogen) atoms. The van der Waals surface area contributed by atoms with Crippen molar-refractivity contribution >= 4 is 5.82 Å². The van der Waals surface area contributed by atoms with Gasteiger partial charge < -0.3 is 0 Å². The van der Waals surface area contributed by atoms with Gasteiger partial charge in [0, 0.05) is 18.8 Å². The third-order valence-corrected chi connectivity index (χ3v) is 2.96. The average molecular weight is 217 g/mol.